The van der Waals surface area contributed by atoms with E-state index < -0.39 is 10.0 Å². The van der Waals surface area contributed by atoms with Gasteiger partial charge in [0.05, 0.1) is 4.90 Å². The Morgan fingerprint density at radius 3 is 2.56 bits per heavy atom. The second-order valence-corrected chi connectivity index (χ2v) is 9.06. The number of guanidine groups is 1. The van der Waals surface area contributed by atoms with E-state index in [9.17, 15) is 8.42 Å². The smallest absolute Gasteiger partial charge is 0.238 e. The van der Waals surface area contributed by atoms with Gasteiger partial charge in [-0.15, -0.1) is 24.0 Å². The van der Waals surface area contributed by atoms with Crippen molar-refractivity contribution < 1.29 is 8.42 Å². The van der Waals surface area contributed by atoms with E-state index in [0.29, 0.717) is 5.41 Å². The van der Waals surface area contributed by atoms with Crippen LogP contribution in [0.3, 0.4) is 0 Å². The van der Waals surface area contributed by atoms with Crippen LogP contribution in [-0.4, -0.2) is 46.0 Å². The molecule has 1 fully saturated rings. The molecule has 3 N–H and O–H groups in total. The number of benzene rings is 1. The fourth-order valence-electron chi connectivity index (χ4n) is 3.80. The van der Waals surface area contributed by atoms with Crippen LogP contribution in [0.4, 0.5) is 0 Å². The van der Waals surface area contributed by atoms with Gasteiger partial charge in [0, 0.05) is 26.7 Å². The van der Waals surface area contributed by atoms with Crippen LogP contribution >= 0.6 is 24.0 Å². The second kappa shape index (κ2) is 10.6. The van der Waals surface area contributed by atoms with Gasteiger partial charge in [0.15, 0.2) is 5.96 Å². The predicted octanol–water partition coefficient (Wildman–Crippen LogP) is 2.97. The highest BCUT2D eigenvalue weighted by Gasteiger charge is 2.31. The maximum Gasteiger partial charge on any atom is 0.238 e. The maximum atomic E-state index is 11.3. The number of likely N-dealkylation sites (tertiary alicyclic amines) is 1. The molecule has 0 bridgehead atoms. The van der Waals surface area contributed by atoms with E-state index in [-0.39, 0.29) is 28.9 Å². The van der Waals surface area contributed by atoms with Gasteiger partial charge in [0.25, 0.3) is 0 Å². The highest BCUT2D eigenvalue weighted by atomic mass is 127. The molecule has 1 aromatic carbocycles. The molecule has 27 heavy (non-hydrogen) atoms. The van der Waals surface area contributed by atoms with Crippen LogP contribution in [0.5, 0.6) is 0 Å². The van der Waals surface area contributed by atoms with Gasteiger partial charge in [-0.25, -0.2) is 13.6 Å². The number of piperidine rings is 1. The molecule has 0 spiro atoms. The largest absolute Gasteiger partial charge is 0.356 e. The lowest BCUT2D eigenvalue weighted by atomic mass is 9.78. The topological polar surface area (TPSA) is 87.8 Å². The summed E-state index contributed by atoms with van der Waals surface area (Å²) in [6.07, 6.45) is 5.74. The first-order valence-electron chi connectivity index (χ1n) is 9.35. The molecule has 1 aliphatic rings. The third-order valence-corrected chi connectivity index (χ3v) is 6.02. The predicted molar refractivity (Wildman–Crippen MR) is 122 cm³/mol. The zero-order chi connectivity index (χ0) is 19.2. The molecule has 1 aromatic rings. The summed E-state index contributed by atoms with van der Waals surface area (Å²) in [6, 6.07) is 6.73. The highest BCUT2D eigenvalue weighted by Crippen LogP contribution is 2.33. The number of primary sulfonamides is 1. The van der Waals surface area contributed by atoms with Gasteiger partial charge in [-0.2, -0.15) is 0 Å². The molecule has 1 unspecified atom stereocenters. The van der Waals surface area contributed by atoms with Crippen molar-refractivity contribution in [3.8, 4) is 0 Å². The van der Waals surface area contributed by atoms with Crippen molar-refractivity contribution in [1.82, 2.24) is 10.2 Å². The van der Waals surface area contributed by atoms with Crippen LogP contribution < -0.4 is 10.5 Å². The lowest BCUT2D eigenvalue weighted by molar-refractivity contribution is 0.142. The van der Waals surface area contributed by atoms with Crippen LogP contribution in [0.15, 0.2) is 34.2 Å². The van der Waals surface area contributed by atoms with Crippen LogP contribution in [0.1, 0.15) is 45.1 Å². The molecule has 0 aliphatic carbocycles. The van der Waals surface area contributed by atoms with Gasteiger partial charge in [0.1, 0.15) is 0 Å². The number of aliphatic imine (C=N–C) groups is 1. The van der Waals surface area contributed by atoms with Crippen molar-refractivity contribution >= 4 is 40.0 Å². The standard InChI is InChI=1S/C19H32N4O2S.HI/c1-4-11-19(2)12-5-14-23(15-19)18(21-3)22-13-10-16-6-8-17(9-7-16)26(20,24)25;/h6-9H,4-5,10-15H2,1-3H3,(H,21,22)(H2,20,24,25);1H. The number of halogens is 1. The Morgan fingerprint density at radius 1 is 1.33 bits per heavy atom. The molecule has 8 heteroatoms. The van der Waals surface area contributed by atoms with E-state index >= 15 is 0 Å². The monoisotopic (exact) mass is 508 g/mol. The summed E-state index contributed by atoms with van der Waals surface area (Å²) in [5, 5.41) is 8.57. The number of hydrogen-bond donors (Lipinski definition) is 2. The Morgan fingerprint density at radius 2 is 2.00 bits per heavy atom. The first kappa shape index (κ1) is 24.2. The van der Waals surface area contributed by atoms with E-state index in [1.807, 2.05) is 19.2 Å². The molecular weight excluding hydrogens is 475 g/mol. The van der Waals surface area contributed by atoms with Gasteiger partial charge in [0.2, 0.25) is 10.0 Å². The van der Waals surface area contributed by atoms with Crippen molar-refractivity contribution in [2.24, 2.45) is 15.5 Å². The minimum absolute atomic E-state index is 0. The minimum atomic E-state index is -3.63. The minimum Gasteiger partial charge on any atom is -0.356 e. The molecule has 1 saturated heterocycles. The lowest BCUT2D eigenvalue weighted by Crippen LogP contribution is -2.50. The van der Waals surface area contributed by atoms with E-state index in [0.717, 1.165) is 37.6 Å². The lowest BCUT2D eigenvalue weighted by Gasteiger charge is -2.42. The Bertz CT molecular complexity index is 718. The van der Waals surface area contributed by atoms with Gasteiger partial charge in [-0.3, -0.25) is 4.99 Å². The first-order valence-corrected chi connectivity index (χ1v) is 10.9. The average Bonchev–Trinajstić information content (AvgIpc) is 2.58. The second-order valence-electron chi connectivity index (χ2n) is 7.50. The van der Waals surface area contributed by atoms with Gasteiger partial charge in [-0.1, -0.05) is 32.4 Å². The van der Waals surface area contributed by atoms with Crippen molar-refractivity contribution in [2.45, 2.75) is 50.8 Å². The summed E-state index contributed by atoms with van der Waals surface area (Å²) in [7, 11) is -1.80. The molecule has 0 aromatic heterocycles. The van der Waals surface area contributed by atoms with Crippen molar-refractivity contribution in [1.29, 1.82) is 0 Å². The van der Waals surface area contributed by atoms with E-state index in [1.54, 1.807) is 12.1 Å². The molecule has 0 amide bonds. The van der Waals surface area contributed by atoms with Crippen molar-refractivity contribution in [3.63, 3.8) is 0 Å². The Hall–Kier alpha value is -0.870. The number of hydrogen-bond acceptors (Lipinski definition) is 3. The van der Waals surface area contributed by atoms with Gasteiger partial charge in [-0.05, 0) is 48.8 Å². The number of nitrogens with one attached hydrogen (secondary N) is 1. The zero-order valence-corrected chi connectivity index (χ0v) is 19.7. The van der Waals surface area contributed by atoms with Crippen LogP contribution in [0.2, 0.25) is 0 Å². The summed E-state index contributed by atoms with van der Waals surface area (Å²) in [5.74, 6) is 0.952. The molecule has 0 radical (unpaired) electrons. The van der Waals surface area contributed by atoms with Crippen molar-refractivity contribution in [3.05, 3.63) is 29.8 Å². The SMILES string of the molecule is CCCC1(C)CCCN(C(=NC)NCCc2ccc(S(N)(=O)=O)cc2)C1.I. The van der Waals surface area contributed by atoms with Crippen LogP contribution in [0.25, 0.3) is 0 Å². The molecule has 1 aliphatic heterocycles. The molecule has 154 valence electrons. The highest BCUT2D eigenvalue weighted by molar-refractivity contribution is 14.0. The number of nitrogens with zero attached hydrogens (tertiary/aromatic N) is 2. The molecule has 2 rings (SSSR count). The summed E-state index contributed by atoms with van der Waals surface area (Å²) in [6.45, 7) is 7.47. The Labute approximate surface area is 181 Å². The summed E-state index contributed by atoms with van der Waals surface area (Å²) in [5.41, 5.74) is 1.43. The molecular formula is C19H33IN4O2S. The molecule has 1 atom stereocenters. The normalized spacial score (nSPS) is 20.9. The molecule has 6 nitrogen and oxygen atoms in total. The first-order chi connectivity index (χ1) is 12.3. The van der Waals surface area contributed by atoms with Crippen molar-refractivity contribution in [2.75, 3.05) is 26.7 Å². The fourth-order valence-corrected chi connectivity index (χ4v) is 4.32. The maximum absolute atomic E-state index is 11.3. The Kier molecular flexibility index (Phi) is 9.50. The van der Waals surface area contributed by atoms with Gasteiger partial charge < -0.3 is 10.2 Å². The quantitative estimate of drug-likeness (QED) is 0.352. The molecule has 0 saturated carbocycles. The third-order valence-electron chi connectivity index (χ3n) is 5.09. The van der Waals surface area contributed by atoms with E-state index in [4.69, 9.17) is 5.14 Å². The molecule has 1 heterocycles. The van der Waals surface area contributed by atoms with Crippen LogP contribution in [0, 0.1) is 5.41 Å². The number of sulfonamides is 1. The Balaban J connectivity index is 0.00000364. The fraction of sp³-hybridized carbons (Fsp3) is 0.632. The third kappa shape index (κ3) is 7.23. The summed E-state index contributed by atoms with van der Waals surface area (Å²) >= 11 is 0. The summed E-state index contributed by atoms with van der Waals surface area (Å²) in [4.78, 5) is 6.96. The zero-order valence-electron chi connectivity index (χ0n) is 16.6. The average molecular weight is 508 g/mol. The van der Waals surface area contributed by atoms with Gasteiger partial charge >= 0.3 is 0 Å². The summed E-state index contributed by atoms with van der Waals surface area (Å²) < 4.78 is 22.6. The number of nitrogens with two attached hydrogens (primary N) is 1. The van der Waals surface area contributed by atoms with E-state index in [2.05, 4.69) is 29.1 Å². The van der Waals surface area contributed by atoms with E-state index in [1.165, 1.54) is 25.7 Å². The number of rotatable bonds is 6. The van der Waals surface area contributed by atoms with Crippen LogP contribution in [-0.2, 0) is 16.4 Å².